The zero-order valence-electron chi connectivity index (χ0n) is 11.6. The van der Waals surface area contributed by atoms with E-state index in [1.807, 2.05) is 6.92 Å². The van der Waals surface area contributed by atoms with Gasteiger partial charge >= 0.3 is 0 Å². The minimum Gasteiger partial charge on any atom is -0.388 e. The van der Waals surface area contributed by atoms with Gasteiger partial charge in [0.15, 0.2) is 0 Å². The van der Waals surface area contributed by atoms with Crippen LogP contribution in [0.4, 0.5) is 4.39 Å². The molecule has 0 fully saturated rings. The van der Waals surface area contributed by atoms with Gasteiger partial charge in [0.1, 0.15) is 5.82 Å². The first-order valence-electron chi connectivity index (χ1n) is 6.48. The van der Waals surface area contributed by atoms with Crippen molar-refractivity contribution in [1.29, 1.82) is 0 Å². The van der Waals surface area contributed by atoms with Crippen molar-refractivity contribution in [1.82, 2.24) is 5.32 Å². The number of halogens is 2. The van der Waals surface area contributed by atoms with Gasteiger partial charge in [0, 0.05) is 18.2 Å². The summed E-state index contributed by atoms with van der Waals surface area (Å²) in [4.78, 5) is 11.6. The van der Waals surface area contributed by atoms with Crippen LogP contribution in [0.5, 0.6) is 0 Å². The Morgan fingerprint density at radius 1 is 1.55 bits per heavy atom. The molecule has 110 valence electrons. The molecule has 1 atom stereocenters. The highest BCUT2D eigenvalue weighted by molar-refractivity contribution is 6.32. The summed E-state index contributed by atoms with van der Waals surface area (Å²) in [5, 5.41) is 12.7. The van der Waals surface area contributed by atoms with Gasteiger partial charge in [0.05, 0.1) is 10.6 Å². The molecule has 0 aliphatic carbocycles. The number of benzene rings is 1. The van der Waals surface area contributed by atoms with Gasteiger partial charge in [0.25, 0.3) is 0 Å². The summed E-state index contributed by atoms with van der Waals surface area (Å²) >= 11 is 5.84. The largest absolute Gasteiger partial charge is 0.388 e. The Morgan fingerprint density at radius 3 is 2.85 bits per heavy atom. The molecule has 20 heavy (non-hydrogen) atoms. The molecule has 0 aromatic heterocycles. The molecule has 1 unspecified atom stereocenters. The number of carbonyl (C=O) groups excluding carboxylic acids is 1. The first-order valence-corrected chi connectivity index (χ1v) is 6.86. The van der Waals surface area contributed by atoms with E-state index in [0.717, 1.165) is 6.42 Å². The lowest BCUT2D eigenvalue weighted by Crippen LogP contribution is -2.39. The zero-order chi connectivity index (χ0) is 15.2. The van der Waals surface area contributed by atoms with Crippen molar-refractivity contribution >= 4 is 23.6 Å². The zero-order valence-corrected chi connectivity index (χ0v) is 12.4. The molecule has 5 heteroatoms. The van der Waals surface area contributed by atoms with Gasteiger partial charge in [-0.2, -0.15) is 0 Å². The second-order valence-electron chi connectivity index (χ2n) is 4.93. The summed E-state index contributed by atoms with van der Waals surface area (Å²) in [6.45, 7) is 3.76. The Hall–Kier alpha value is -1.39. The van der Waals surface area contributed by atoms with E-state index in [1.54, 1.807) is 13.0 Å². The minimum absolute atomic E-state index is 0.148. The van der Waals surface area contributed by atoms with Crippen LogP contribution in [0.1, 0.15) is 32.3 Å². The fraction of sp³-hybridized carbons (Fsp3) is 0.400. The van der Waals surface area contributed by atoms with Crippen molar-refractivity contribution in [2.24, 2.45) is 0 Å². The number of nitrogens with one attached hydrogen (secondary N) is 1. The average molecular weight is 300 g/mol. The van der Waals surface area contributed by atoms with Crippen LogP contribution in [0.2, 0.25) is 5.02 Å². The van der Waals surface area contributed by atoms with Crippen LogP contribution in [0.3, 0.4) is 0 Å². The van der Waals surface area contributed by atoms with Gasteiger partial charge in [-0.3, -0.25) is 4.79 Å². The van der Waals surface area contributed by atoms with Gasteiger partial charge in [-0.25, -0.2) is 4.39 Å². The van der Waals surface area contributed by atoms with Crippen molar-refractivity contribution < 1.29 is 14.3 Å². The highest BCUT2D eigenvalue weighted by atomic mass is 35.5. The molecule has 0 radical (unpaired) electrons. The van der Waals surface area contributed by atoms with Crippen LogP contribution >= 0.6 is 11.6 Å². The highest BCUT2D eigenvalue weighted by Crippen LogP contribution is 2.20. The Kier molecular flexibility index (Phi) is 6.17. The van der Waals surface area contributed by atoms with Gasteiger partial charge < -0.3 is 10.4 Å². The Labute approximate surface area is 123 Å². The topological polar surface area (TPSA) is 49.3 Å². The van der Waals surface area contributed by atoms with Crippen molar-refractivity contribution in [2.75, 3.05) is 6.54 Å². The van der Waals surface area contributed by atoms with Crippen molar-refractivity contribution in [3.05, 3.63) is 40.7 Å². The Morgan fingerprint density at radius 2 is 2.25 bits per heavy atom. The van der Waals surface area contributed by atoms with Gasteiger partial charge in [0.2, 0.25) is 5.91 Å². The fourth-order valence-corrected chi connectivity index (χ4v) is 2.02. The SMILES string of the molecule is CCCC(C)(O)CNC(=O)/C=C/c1c(F)cccc1Cl. The van der Waals surface area contributed by atoms with Crippen molar-refractivity contribution in [3.8, 4) is 0 Å². The smallest absolute Gasteiger partial charge is 0.244 e. The van der Waals surface area contributed by atoms with Crippen LogP contribution < -0.4 is 5.32 Å². The molecular weight excluding hydrogens is 281 g/mol. The molecule has 0 saturated heterocycles. The molecule has 1 amide bonds. The molecule has 3 nitrogen and oxygen atoms in total. The molecule has 0 aliphatic heterocycles. The molecule has 0 bridgehead atoms. The van der Waals surface area contributed by atoms with Crippen LogP contribution in [0.15, 0.2) is 24.3 Å². The fourth-order valence-electron chi connectivity index (χ4n) is 1.79. The first kappa shape index (κ1) is 16.7. The quantitative estimate of drug-likeness (QED) is 0.793. The van der Waals surface area contributed by atoms with Crippen LogP contribution in [0, 0.1) is 5.82 Å². The summed E-state index contributed by atoms with van der Waals surface area (Å²) < 4.78 is 13.5. The third-order valence-electron chi connectivity index (χ3n) is 2.83. The lowest BCUT2D eigenvalue weighted by Gasteiger charge is -2.22. The third kappa shape index (κ3) is 5.31. The van der Waals surface area contributed by atoms with Gasteiger partial charge in [-0.15, -0.1) is 0 Å². The van der Waals surface area contributed by atoms with Gasteiger partial charge in [-0.1, -0.05) is 31.0 Å². The molecule has 0 saturated carbocycles. The second kappa shape index (κ2) is 7.41. The minimum atomic E-state index is -0.937. The molecule has 1 rings (SSSR count). The first-order chi connectivity index (χ1) is 9.35. The molecule has 1 aromatic rings. The maximum absolute atomic E-state index is 13.5. The molecule has 2 N–H and O–H groups in total. The Bertz CT molecular complexity index is 480. The van der Waals surface area contributed by atoms with Crippen LogP contribution in [0.25, 0.3) is 6.08 Å². The number of rotatable bonds is 6. The predicted molar refractivity (Wildman–Crippen MR) is 79.0 cm³/mol. The lowest BCUT2D eigenvalue weighted by atomic mass is 10.0. The summed E-state index contributed by atoms with van der Waals surface area (Å²) in [6.07, 6.45) is 3.94. The molecule has 0 aliphatic rings. The van der Waals surface area contributed by atoms with Gasteiger partial charge in [-0.05, 0) is 31.6 Å². The maximum Gasteiger partial charge on any atom is 0.244 e. The molecular formula is C15H19ClFNO2. The number of hydrogen-bond acceptors (Lipinski definition) is 2. The summed E-state index contributed by atoms with van der Waals surface area (Å²) in [7, 11) is 0. The number of carbonyl (C=O) groups is 1. The van der Waals surface area contributed by atoms with E-state index >= 15 is 0 Å². The third-order valence-corrected chi connectivity index (χ3v) is 3.16. The van der Waals surface area contributed by atoms with E-state index < -0.39 is 17.3 Å². The lowest BCUT2D eigenvalue weighted by molar-refractivity contribution is -0.117. The standard InChI is InChI=1S/C15H19ClFNO2/c1-3-9-15(2,20)10-18-14(19)8-7-11-12(16)5-4-6-13(11)17/h4-8,20H,3,9-10H2,1-2H3,(H,18,19)/b8-7+. The van der Waals surface area contributed by atoms with Crippen molar-refractivity contribution in [3.63, 3.8) is 0 Å². The number of aliphatic hydroxyl groups is 1. The molecule has 1 aromatic carbocycles. The summed E-state index contributed by atoms with van der Waals surface area (Å²) in [5.74, 6) is -0.889. The van der Waals surface area contributed by atoms with E-state index in [0.29, 0.717) is 6.42 Å². The highest BCUT2D eigenvalue weighted by Gasteiger charge is 2.19. The van der Waals surface area contributed by atoms with E-state index in [4.69, 9.17) is 11.6 Å². The predicted octanol–water partition coefficient (Wildman–Crippen LogP) is 3.16. The van der Waals surface area contributed by atoms with E-state index in [-0.39, 0.29) is 17.1 Å². The molecule has 0 heterocycles. The normalized spacial score (nSPS) is 14.2. The van der Waals surface area contributed by atoms with Crippen LogP contribution in [-0.2, 0) is 4.79 Å². The Balaban J connectivity index is 2.61. The molecule has 0 spiro atoms. The van der Waals surface area contributed by atoms with Crippen LogP contribution in [-0.4, -0.2) is 23.2 Å². The maximum atomic E-state index is 13.5. The monoisotopic (exact) mass is 299 g/mol. The van der Waals surface area contributed by atoms with E-state index in [2.05, 4.69) is 5.32 Å². The average Bonchev–Trinajstić information content (AvgIpc) is 2.36. The number of hydrogen-bond donors (Lipinski definition) is 2. The van der Waals surface area contributed by atoms with Crippen molar-refractivity contribution in [2.45, 2.75) is 32.3 Å². The summed E-state index contributed by atoms with van der Waals surface area (Å²) in [5.41, 5.74) is -0.766. The second-order valence-corrected chi connectivity index (χ2v) is 5.34. The van der Waals surface area contributed by atoms with E-state index in [9.17, 15) is 14.3 Å². The van der Waals surface area contributed by atoms with E-state index in [1.165, 1.54) is 24.3 Å². The number of amides is 1. The summed E-state index contributed by atoms with van der Waals surface area (Å²) in [6, 6.07) is 4.32.